The van der Waals surface area contributed by atoms with Crippen molar-refractivity contribution in [2.75, 3.05) is 5.32 Å². The van der Waals surface area contributed by atoms with E-state index < -0.39 is 5.25 Å². The number of nitrogens with one attached hydrogen (secondary N) is 2. The van der Waals surface area contributed by atoms with Crippen molar-refractivity contribution in [3.63, 3.8) is 0 Å². The van der Waals surface area contributed by atoms with Gasteiger partial charge in [-0.25, -0.2) is 5.43 Å². The fourth-order valence-corrected chi connectivity index (χ4v) is 3.83. The lowest BCUT2D eigenvalue weighted by Gasteiger charge is -2.12. The average molecular weight is 489 g/mol. The molecule has 7 nitrogen and oxygen atoms in total. The van der Waals surface area contributed by atoms with Crippen LogP contribution in [0.2, 0.25) is 10.0 Å². The number of allylic oxidation sites excluding steroid dienone is 1. The highest BCUT2D eigenvalue weighted by Crippen LogP contribution is 2.23. The number of hydrogen-bond acceptors (Lipinski definition) is 6. The number of rotatable bonds is 10. The lowest BCUT2D eigenvalue weighted by molar-refractivity contribution is -0.120. The van der Waals surface area contributed by atoms with Gasteiger partial charge in [0.1, 0.15) is 0 Å². The lowest BCUT2D eigenvalue weighted by atomic mass is 10.2. The Balaban J connectivity index is 1.61. The predicted octanol–water partition coefficient (Wildman–Crippen LogP) is 5.01. The van der Waals surface area contributed by atoms with Crippen molar-refractivity contribution < 1.29 is 4.79 Å². The fraction of sp³-hybridized carbons (Fsp3) is 0.182. The molecule has 0 aliphatic heterocycles. The van der Waals surface area contributed by atoms with Crippen molar-refractivity contribution in [1.82, 2.24) is 20.2 Å². The highest BCUT2D eigenvalue weighted by atomic mass is 35.5. The van der Waals surface area contributed by atoms with E-state index in [4.69, 9.17) is 23.2 Å². The minimum atomic E-state index is -0.441. The minimum absolute atomic E-state index is 0.257. The van der Waals surface area contributed by atoms with E-state index in [1.165, 1.54) is 18.0 Å². The van der Waals surface area contributed by atoms with Gasteiger partial charge in [0.05, 0.1) is 18.0 Å². The molecule has 0 radical (unpaired) electrons. The smallest absolute Gasteiger partial charge is 0.253 e. The van der Waals surface area contributed by atoms with Crippen molar-refractivity contribution in [3.05, 3.63) is 82.6 Å². The first-order valence-electron chi connectivity index (χ1n) is 9.74. The Morgan fingerprint density at radius 1 is 1.22 bits per heavy atom. The van der Waals surface area contributed by atoms with Crippen LogP contribution in [0.5, 0.6) is 0 Å². The monoisotopic (exact) mass is 488 g/mol. The molecule has 0 spiro atoms. The average Bonchev–Trinajstić information content (AvgIpc) is 3.16. The molecular weight excluding hydrogens is 467 g/mol. The largest absolute Gasteiger partial charge is 0.378 e. The number of aromatic nitrogens is 3. The van der Waals surface area contributed by atoms with Gasteiger partial charge in [0.2, 0.25) is 0 Å². The number of amides is 1. The quantitative estimate of drug-likeness (QED) is 0.181. The summed E-state index contributed by atoms with van der Waals surface area (Å²) in [6, 6.07) is 14.7. The molecule has 10 heteroatoms. The summed E-state index contributed by atoms with van der Waals surface area (Å²) in [6.45, 7) is 6.57. The van der Waals surface area contributed by atoms with Crippen LogP contribution < -0.4 is 10.7 Å². The van der Waals surface area contributed by atoms with Crippen molar-refractivity contribution in [1.29, 1.82) is 0 Å². The Hall–Kier alpha value is -2.81. The van der Waals surface area contributed by atoms with Crippen LogP contribution >= 0.6 is 35.0 Å². The molecule has 0 aliphatic carbocycles. The summed E-state index contributed by atoms with van der Waals surface area (Å²) in [5.41, 5.74) is 4.18. The van der Waals surface area contributed by atoms with Crippen LogP contribution in [0.25, 0.3) is 0 Å². The zero-order valence-corrected chi connectivity index (χ0v) is 19.7. The van der Waals surface area contributed by atoms with Gasteiger partial charge in [-0.1, -0.05) is 59.2 Å². The van der Waals surface area contributed by atoms with E-state index in [1.54, 1.807) is 19.1 Å². The molecule has 1 aromatic heterocycles. The molecule has 0 fully saturated rings. The Kier molecular flexibility index (Phi) is 8.72. The van der Waals surface area contributed by atoms with Gasteiger partial charge in [-0.2, -0.15) is 5.10 Å². The second kappa shape index (κ2) is 11.7. The fourth-order valence-electron chi connectivity index (χ4n) is 2.65. The van der Waals surface area contributed by atoms with Crippen molar-refractivity contribution in [3.8, 4) is 0 Å². The zero-order valence-electron chi connectivity index (χ0n) is 17.3. The summed E-state index contributed by atoms with van der Waals surface area (Å²) in [5.74, 6) is 0.471. The number of carbonyl (C=O) groups excluding carboxylic acids is 1. The molecule has 32 heavy (non-hydrogen) atoms. The Labute approximate surface area is 200 Å². The summed E-state index contributed by atoms with van der Waals surface area (Å²) in [5, 5.41) is 17.2. The van der Waals surface area contributed by atoms with Crippen molar-refractivity contribution in [2.45, 2.75) is 30.4 Å². The first-order valence-corrected chi connectivity index (χ1v) is 11.4. The van der Waals surface area contributed by atoms with E-state index in [0.29, 0.717) is 28.3 Å². The van der Waals surface area contributed by atoms with E-state index >= 15 is 0 Å². The number of anilines is 1. The van der Waals surface area contributed by atoms with Crippen LogP contribution in [-0.2, 0) is 17.9 Å². The summed E-state index contributed by atoms with van der Waals surface area (Å²) >= 11 is 13.3. The highest BCUT2D eigenvalue weighted by Gasteiger charge is 2.19. The van der Waals surface area contributed by atoms with Gasteiger partial charge >= 0.3 is 0 Å². The minimum Gasteiger partial charge on any atom is -0.378 e. The van der Waals surface area contributed by atoms with Gasteiger partial charge in [-0.05, 0) is 37.3 Å². The SMILES string of the molecule is C=CCn1c(CNc2ccc(Cl)cc2)nnc1SC(C)C(=O)N/N=C/c1ccccc1Cl. The van der Waals surface area contributed by atoms with E-state index in [-0.39, 0.29) is 5.91 Å². The molecule has 1 amide bonds. The molecule has 3 aromatic rings. The third kappa shape index (κ3) is 6.59. The van der Waals surface area contributed by atoms with Crippen LogP contribution in [0, 0.1) is 0 Å². The van der Waals surface area contributed by atoms with Gasteiger partial charge < -0.3 is 9.88 Å². The molecule has 0 saturated carbocycles. The van der Waals surface area contributed by atoms with Gasteiger partial charge in [0, 0.05) is 27.8 Å². The molecule has 3 rings (SSSR count). The zero-order chi connectivity index (χ0) is 22.9. The van der Waals surface area contributed by atoms with Crippen LogP contribution in [0.1, 0.15) is 18.3 Å². The number of hydrogen-bond donors (Lipinski definition) is 2. The number of hydrazone groups is 1. The number of carbonyl (C=O) groups is 1. The van der Waals surface area contributed by atoms with Crippen LogP contribution in [0.4, 0.5) is 5.69 Å². The number of nitrogens with zero attached hydrogens (tertiary/aromatic N) is 4. The normalized spacial score (nSPS) is 12.0. The molecule has 0 aliphatic rings. The number of benzene rings is 2. The van der Waals surface area contributed by atoms with Crippen molar-refractivity contribution >= 4 is 52.8 Å². The molecule has 0 saturated heterocycles. The molecule has 166 valence electrons. The summed E-state index contributed by atoms with van der Waals surface area (Å²) in [4.78, 5) is 12.5. The first-order chi connectivity index (χ1) is 15.5. The van der Waals surface area contributed by atoms with Gasteiger partial charge in [0.25, 0.3) is 5.91 Å². The maximum Gasteiger partial charge on any atom is 0.253 e. The standard InChI is InChI=1S/C22H22Cl2N6OS/c1-3-12-30-20(14-25-18-10-8-17(23)9-11-18)27-29-22(30)32-15(2)21(31)28-26-13-16-6-4-5-7-19(16)24/h3-11,13,15,25H,1,12,14H2,2H3,(H,28,31)/b26-13+. The predicted molar refractivity (Wildman–Crippen MR) is 132 cm³/mol. The third-order valence-electron chi connectivity index (χ3n) is 4.33. The Bertz CT molecular complexity index is 1100. The maximum absolute atomic E-state index is 12.5. The van der Waals surface area contributed by atoms with E-state index in [1.807, 2.05) is 47.0 Å². The Morgan fingerprint density at radius 3 is 2.69 bits per heavy atom. The molecule has 2 aromatic carbocycles. The molecule has 2 N–H and O–H groups in total. The lowest BCUT2D eigenvalue weighted by Crippen LogP contribution is -2.27. The van der Waals surface area contributed by atoms with E-state index in [2.05, 4.69) is 32.6 Å². The second-order valence-electron chi connectivity index (χ2n) is 6.67. The summed E-state index contributed by atoms with van der Waals surface area (Å²) in [7, 11) is 0. The Morgan fingerprint density at radius 2 is 1.97 bits per heavy atom. The highest BCUT2D eigenvalue weighted by molar-refractivity contribution is 8.00. The first kappa shape index (κ1) is 23.8. The van der Waals surface area contributed by atoms with Crippen LogP contribution in [-0.4, -0.2) is 32.1 Å². The molecule has 1 heterocycles. The number of thioether (sulfide) groups is 1. The maximum atomic E-state index is 12.5. The second-order valence-corrected chi connectivity index (χ2v) is 8.83. The van der Waals surface area contributed by atoms with Crippen LogP contribution in [0.15, 0.2) is 71.4 Å². The molecule has 1 atom stereocenters. The summed E-state index contributed by atoms with van der Waals surface area (Å²) < 4.78 is 1.91. The van der Waals surface area contributed by atoms with E-state index in [0.717, 1.165) is 17.1 Å². The topological polar surface area (TPSA) is 84.2 Å². The van der Waals surface area contributed by atoms with Gasteiger partial charge in [-0.15, -0.1) is 16.8 Å². The van der Waals surface area contributed by atoms with Crippen LogP contribution in [0.3, 0.4) is 0 Å². The van der Waals surface area contributed by atoms with Gasteiger partial charge in [0.15, 0.2) is 11.0 Å². The summed E-state index contributed by atoms with van der Waals surface area (Å²) in [6.07, 6.45) is 3.27. The van der Waals surface area contributed by atoms with Gasteiger partial charge in [-0.3, -0.25) is 4.79 Å². The number of halogens is 2. The van der Waals surface area contributed by atoms with Crippen molar-refractivity contribution in [2.24, 2.45) is 5.10 Å². The molecular formula is C22H22Cl2N6OS. The molecule has 1 unspecified atom stereocenters. The third-order valence-corrected chi connectivity index (χ3v) is 6.01. The van der Waals surface area contributed by atoms with E-state index in [9.17, 15) is 4.79 Å². The molecule has 0 bridgehead atoms.